The van der Waals surface area contributed by atoms with Gasteiger partial charge in [-0.3, -0.25) is 4.90 Å². The molecule has 1 atom stereocenters. The standard InChI is InChI=1S/C14H21NOS/c1-14(16)8-5-9-15(12-14)10-11-17-13-6-3-2-4-7-13/h2-4,6-7,16H,5,8-12H2,1H3. The molecule has 0 radical (unpaired) electrons. The molecule has 0 amide bonds. The fourth-order valence-electron chi connectivity index (χ4n) is 2.32. The minimum atomic E-state index is -0.477. The Morgan fingerprint density at radius 1 is 1.35 bits per heavy atom. The van der Waals surface area contributed by atoms with Gasteiger partial charge in [0.15, 0.2) is 0 Å². The minimum Gasteiger partial charge on any atom is -0.389 e. The van der Waals surface area contributed by atoms with Gasteiger partial charge in [-0.05, 0) is 38.4 Å². The lowest BCUT2D eigenvalue weighted by Gasteiger charge is -2.36. The number of piperidine rings is 1. The van der Waals surface area contributed by atoms with E-state index in [4.69, 9.17) is 0 Å². The summed E-state index contributed by atoms with van der Waals surface area (Å²) in [5, 5.41) is 10.0. The Balaban J connectivity index is 1.72. The molecule has 1 aliphatic heterocycles. The van der Waals surface area contributed by atoms with E-state index in [0.717, 1.165) is 38.2 Å². The number of aliphatic hydroxyl groups is 1. The summed E-state index contributed by atoms with van der Waals surface area (Å²) in [7, 11) is 0. The number of rotatable bonds is 4. The van der Waals surface area contributed by atoms with Crippen LogP contribution in [0.25, 0.3) is 0 Å². The molecule has 94 valence electrons. The fourth-order valence-corrected chi connectivity index (χ4v) is 3.26. The summed E-state index contributed by atoms with van der Waals surface area (Å²) in [6.45, 7) is 4.97. The van der Waals surface area contributed by atoms with Gasteiger partial charge in [-0.15, -0.1) is 11.8 Å². The van der Waals surface area contributed by atoms with Crippen molar-refractivity contribution in [2.24, 2.45) is 0 Å². The van der Waals surface area contributed by atoms with E-state index in [-0.39, 0.29) is 0 Å². The van der Waals surface area contributed by atoms with Gasteiger partial charge in [-0.1, -0.05) is 18.2 Å². The van der Waals surface area contributed by atoms with Crippen molar-refractivity contribution in [2.75, 3.05) is 25.4 Å². The van der Waals surface area contributed by atoms with Crippen LogP contribution in [0.4, 0.5) is 0 Å². The van der Waals surface area contributed by atoms with Crippen LogP contribution in [-0.2, 0) is 0 Å². The van der Waals surface area contributed by atoms with Gasteiger partial charge in [0.05, 0.1) is 5.60 Å². The third-order valence-corrected chi connectivity index (χ3v) is 4.17. The van der Waals surface area contributed by atoms with Gasteiger partial charge in [0.1, 0.15) is 0 Å². The highest BCUT2D eigenvalue weighted by atomic mass is 32.2. The summed E-state index contributed by atoms with van der Waals surface area (Å²) >= 11 is 1.89. The summed E-state index contributed by atoms with van der Waals surface area (Å²) in [5.74, 6) is 1.10. The number of β-amino-alcohol motifs (C(OH)–C–C–N with tert-alkyl or cyclic N) is 1. The average Bonchev–Trinajstić information content (AvgIpc) is 2.29. The van der Waals surface area contributed by atoms with Crippen LogP contribution in [0.5, 0.6) is 0 Å². The van der Waals surface area contributed by atoms with Crippen LogP contribution in [0, 0.1) is 0 Å². The third-order valence-electron chi connectivity index (χ3n) is 3.17. The smallest absolute Gasteiger partial charge is 0.0746 e. The second-order valence-corrected chi connectivity index (χ2v) is 6.21. The Bertz CT molecular complexity index is 339. The molecule has 0 bridgehead atoms. The van der Waals surface area contributed by atoms with Crippen LogP contribution in [-0.4, -0.2) is 41.0 Å². The predicted molar refractivity (Wildman–Crippen MR) is 73.5 cm³/mol. The highest BCUT2D eigenvalue weighted by Gasteiger charge is 2.27. The van der Waals surface area contributed by atoms with Gasteiger partial charge in [-0.25, -0.2) is 0 Å². The highest BCUT2D eigenvalue weighted by Crippen LogP contribution is 2.22. The Kier molecular flexibility index (Phi) is 4.48. The average molecular weight is 251 g/mol. The first-order valence-electron chi connectivity index (χ1n) is 6.28. The summed E-state index contributed by atoms with van der Waals surface area (Å²) in [6, 6.07) is 10.5. The number of nitrogens with zero attached hydrogens (tertiary/aromatic N) is 1. The lowest BCUT2D eigenvalue weighted by atomic mass is 9.95. The molecule has 1 heterocycles. The molecule has 1 fully saturated rings. The van der Waals surface area contributed by atoms with Gasteiger partial charge in [0, 0.05) is 23.7 Å². The van der Waals surface area contributed by atoms with E-state index >= 15 is 0 Å². The zero-order valence-corrected chi connectivity index (χ0v) is 11.2. The van der Waals surface area contributed by atoms with E-state index in [1.165, 1.54) is 4.90 Å². The summed E-state index contributed by atoms with van der Waals surface area (Å²) in [6.07, 6.45) is 2.05. The SMILES string of the molecule is CC1(O)CCCN(CCSc2ccccc2)C1. The molecule has 0 spiro atoms. The summed E-state index contributed by atoms with van der Waals surface area (Å²) < 4.78 is 0. The van der Waals surface area contributed by atoms with Crippen LogP contribution in [0.3, 0.4) is 0 Å². The highest BCUT2D eigenvalue weighted by molar-refractivity contribution is 7.99. The molecule has 1 N–H and O–H groups in total. The minimum absolute atomic E-state index is 0.477. The van der Waals surface area contributed by atoms with Crippen LogP contribution in [0.2, 0.25) is 0 Å². The molecule has 1 saturated heterocycles. The van der Waals surface area contributed by atoms with Gasteiger partial charge in [0.25, 0.3) is 0 Å². The quantitative estimate of drug-likeness (QED) is 0.832. The van der Waals surface area contributed by atoms with Crippen molar-refractivity contribution in [2.45, 2.75) is 30.3 Å². The maximum absolute atomic E-state index is 10.0. The maximum atomic E-state index is 10.0. The third kappa shape index (κ3) is 4.34. The largest absolute Gasteiger partial charge is 0.389 e. The van der Waals surface area contributed by atoms with Gasteiger partial charge >= 0.3 is 0 Å². The zero-order chi connectivity index (χ0) is 12.1. The van der Waals surface area contributed by atoms with E-state index in [0.29, 0.717) is 0 Å². The molecule has 0 aliphatic carbocycles. The van der Waals surface area contributed by atoms with Crippen molar-refractivity contribution in [1.29, 1.82) is 0 Å². The molecule has 1 aromatic carbocycles. The maximum Gasteiger partial charge on any atom is 0.0746 e. The molecule has 2 nitrogen and oxygen atoms in total. The second-order valence-electron chi connectivity index (χ2n) is 5.04. The molecule has 1 aliphatic rings. The number of hydrogen-bond donors (Lipinski definition) is 1. The van der Waals surface area contributed by atoms with E-state index in [9.17, 15) is 5.11 Å². The molecule has 17 heavy (non-hydrogen) atoms. The van der Waals surface area contributed by atoms with Crippen molar-refractivity contribution in [3.63, 3.8) is 0 Å². The van der Waals surface area contributed by atoms with Crippen LogP contribution in [0.1, 0.15) is 19.8 Å². The van der Waals surface area contributed by atoms with E-state index in [1.54, 1.807) is 0 Å². The second kappa shape index (κ2) is 5.89. The van der Waals surface area contributed by atoms with E-state index in [1.807, 2.05) is 24.8 Å². The first-order chi connectivity index (χ1) is 8.16. The topological polar surface area (TPSA) is 23.5 Å². The molecule has 1 unspecified atom stereocenters. The molecular weight excluding hydrogens is 230 g/mol. The Morgan fingerprint density at radius 3 is 2.82 bits per heavy atom. The predicted octanol–water partition coefficient (Wildman–Crippen LogP) is 2.63. The van der Waals surface area contributed by atoms with Gasteiger partial charge in [-0.2, -0.15) is 0 Å². The molecule has 0 aromatic heterocycles. The molecule has 1 aromatic rings. The monoisotopic (exact) mass is 251 g/mol. The van der Waals surface area contributed by atoms with E-state index < -0.39 is 5.60 Å². The van der Waals surface area contributed by atoms with E-state index in [2.05, 4.69) is 29.2 Å². The normalized spacial score (nSPS) is 26.0. The van der Waals surface area contributed by atoms with Crippen molar-refractivity contribution < 1.29 is 5.11 Å². The fraction of sp³-hybridized carbons (Fsp3) is 0.571. The van der Waals surface area contributed by atoms with Gasteiger partial charge < -0.3 is 5.11 Å². The Labute approximate surface area is 108 Å². The zero-order valence-electron chi connectivity index (χ0n) is 10.4. The lowest BCUT2D eigenvalue weighted by molar-refractivity contribution is -0.0133. The van der Waals surface area contributed by atoms with Crippen molar-refractivity contribution in [1.82, 2.24) is 4.90 Å². The van der Waals surface area contributed by atoms with Crippen LogP contribution >= 0.6 is 11.8 Å². The Hall–Kier alpha value is -0.510. The Morgan fingerprint density at radius 2 is 2.12 bits per heavy atom. The summed E-state index contributed by atoms with van der Waals surface area (Å²) in [5.41, 5.74) is -0.477. The molecule has 0 saturated carbocycles. The van der Waals surface area contributed by atoms with Gasteiger partial charge in [0.2, 0.25) is 0 Å². The number of hydrogen-bond acceptors (Lipinski definition) is 3. The molecular formula is C14H21NOS. The molecule has 2 rings (SSSR count). The van der Waals surface area contributed by atoms with Crippen molar-refractivity contribution >= 4 is 11.8 Å². The van der Waals surface area contributed by atoms with Crippen molar-refractivity contribution in [3.05, 3.63) is 30.3 Å². The number of thioether (sulfide) groups is 1. The van der Waals surface area contributed by atoms with Crippen LogP contribution < -0.4 is 0 Å². The number of likely N-dealkylation sites (tertiary alicyclic amines) is 1. The first kappa shape index (κ1) is 12.9. The van der Waals surface area contributed by atoms with Crippen LogP contribution in [0.15, 0.2) is 35.2 Å². The van der Waals surface area contributed by atoms with Crippen molar-refractivity contribution in [3.8, 4) is 0 Å². The summed E-state index contributed by atoms with van der Waals surface area (Å²) in [4.78, 5) is 3.70. The number of benzene rings is 1. The first-order valence-corrected chi connectivity index (χ1v) is 7.27. The molecule has 3 heteroatoms. The lowest BCUT2D eigenvalue weighted by Crippen LogP contribution is -2.46.